The second-order valence-electron chi connectivity index (χ2n) is 5.28. The Morgan fingerprint density at radius 1 is 1.55 bits per heavy atom. The van der Waals surface area contributed by atoms with E-state index in [1.54, 1.807) is 6.07 Å². The third-order valence-electron chi connectivity index (χ3n) is 3.31. The minimum absolute atomic E-state index is 0.0596. The molecule has 1 aliphatic rings. The molecule has 2 rings (SSSR count). The fraction of sp³-hybridized carbons (Fsp3) is 0.462. The number of hydrogen-bond donors (Lipinski definition) is 2. The summed E-state index contributed by atoms with van der Waals surface area (Å²) >= 11 is 0. The van der Waals surface area contributed by atoms with Crippen LogP contribution < -0.4 is 5.32 Å². The van der Waals surface area contributed by atoms with Gasteiger partial charge < -0.3 is 15.2 Å². The molecule has 1 aromatic rings. The summed E-state index contributed by atoms with van der Waals surface area (Å²) in [6.07, 6.45) is 0. The number of carboxylic acid groups (broad SMARTS) is 1. The van der Waals surface area contributed by atoms with E-state index >= 15 is 0 Å². The molecule has 0 saturated carbocycles. The van der Waals surface area contributed by atoms with Gasteiger partial charge in [0.15, 0.2) is 0 Å². The van der Waals surface area contributed by atoms with Gasteiger partial charge in [-0.05, 0) is 5.56 Å². The van der Waals surface area contributed by atoms with Gasteiger partial charge in [0.1, 0.15) is 5.56 Å². The molecule has 0 bridgehead atoms. The van der Waals surface area contributed by atoms with Crippen molar-refractivity contribution in [1.29, 1.82) is 0 Å². The van der Waals surface area contributed by atoms with Gasteiger partial charge in [0.25, 0.3) is 5.69 Å². The van der Waals surface area contributed by atoms with Gasteiger partial charge in [-0.2, -0.15) is 0 Å². The van der Waals surface area contributed by atoms with Gasteiger partial charge >= 0.3 is 5.97 Å². The largest absolute Gasteiger partial charge is 0.477 e. The fourth-order valence-electron chi connectivity index (χ4n) is 2.18. The third kappa shape index (κ3) is 2.94. The van der Waals surface area contributed by atoms with Crippen LogP contribution in [-0.2, 0) is 11.3 Å². The highest BCUT2D eigenvalue weighted by Gasteiger charge is 2.33. The summed E-state index contributed by atoms with van der Waals surface area (Å²) < 4.78 is 5.13. The average Bonchev–Trinajstić information content (AvgIpc) is 2.36. The van der Waals surface area contributed by atoms with Crippen LogP contribution in [0.2, 0.25) is 0 Å². The van der Waals surface area contributed by atoms with E-state index < -0.39 is 10.9 Å². The Balaban J connectivity index is 2.12. The molecule has 0 aliphatic carbocycles. The molecule has 1 aromatic carbocycles. The molecule has 0 amide bonds. The van der Waals surface area contributed by atoms with Crippen molar-refractivity contribution in [2.24, 2.45) is 5.41 Å². The maximum absolute atomic E-state index is 11.2. The first-order valence-corrected chi connectivity index (χ1v) is 6.21. The number of nitro groups is 1. The Bertz CT molecular complexity index is 540. The molecule has 1 saturated heterocycles. The van der Waals surface area contributed by atoms with Crippen LogP contribution in [0.5, 0.6) is 0 Å². The molecule has 0 aromatic heterocycles. The molecular weight excluding hydrogens is 264 g/mol. The van der Waals surface area contributed by atoms with Crippen LogP contribution in [0.25, 0.3) is 0 Å². The van der Waals surface area contributed by atoms with Gasteiger partial charge in [-0.15, -0.1) is 0 Å². The third-order valence-corrected chi connectivity index (χ3v) is 3.31. The van der Waals surface area contributed by atoms with Gasteiger partial charge in [-0.3, -0.25) is 10.1 Å². The maximum Gasteiger partial charge on any atom is 0.343 e. The molecule has 7 nitrogen and oxygen atoms in total. The van der Waals surface area contributed by atoms with E-state index in [9.17, 15) is 14.9 Å². The zero-order valence-corrected chi connectivity index (χ0v) is 11.1. The average molecular weight is 280 g/mol. The first kappa shape index (κ1) is 14.4. The topological polar surface area (TPSA) is 102 Å². The highest BCUT2D eigenvalue weighted by Crippen LogP contribution is 2.26. The number of ether oxygens (including phenoxy) is 1. The van der Waals surface area contributed by atoms with E-state index in [1.807, 2.05) is 0 Å². The van der Waals surface area contributed by atoms with Crippen molar-refractivity contribution >= 4 is 11.7 Å². The number of carbonyl (C=O) groups is 1. The maximum atomic E-state index is 11.2. The molecule has 1 heterocycles. The van der Waals surface area contributed by atoms with Crippen LogP contribution in [0.1, 0.15) is 22.8 Å². The second-order valence-corrected chi connectivity index (χ2v) is 5.28. The predicted molar refractivity (Wildman–Crippen MR) is 70.7 cm³/mol. The van der Waals surface area contributed by atoms with Crippen LogP contribution in [0, 0.1) is 15.5 Å². The molecule has 2 N–H and O–H groups in total. The van der Waals surface area contributed by atoms with Crippen LogP contribution in [-0.4, -0.2) is 35.8 Å². The summed E-state index contributed by atoms with van der Waals surface area (Å²) in [5.41, 5.74) is -0.157. The van der Waals surface area contributed by atoms with Crippen molar-refractivity contribution < 1.29 is 19.6 Å². The zero-order chi connectivity index (χ0) is 14.8. The smallest absolute Gasteiger partial charge is 0.343 e. The molecule has 20 heavy (non-hydrogen) atoms. The van der Waals surface area contributed by atoms with Crippen LogP contribution in [0.3, 0.4) is 0 Å². The van der Waals surface area contributed by atoms with Gasteiger partial charge in [0.05, 0.1) is 18.1 Å². The van der Waals surface area contributed by atoms with Crippen molar-refractivity contribution in [3.05, 3.63) is 39.4 Å². The van der Waals surface area contributed by atoms with E-state index in [1.165, 1.54) is 12.1 Å². The predicted octanol–water partition coefficient (Wildman–Crippen LogP) is 1.42. The fourth-order valence-corrected chi connectivity index (χ4v) is 2.18. The normalized spacial score (nSPS) is 16.4. The molecule has 108 valence electrons. The number of benzene rings is 1. The number of carboxylic acids is 1. The molecule has 1 fully saturated rings. The Kier molecular flexibility index (Phi) is 4.01. The molecular formula is C13H16N2O5. The van der Waals surface area contributed by atoms with E-state index in [-0.39, 0.29) is 23.2 Å². The van der Waals surface area contributed by atoms with Crippen LogP contribution in [0.4, 0.5) is 5.69 Å². The summed E-state index contributed by atoms with van der Waals surface area (Å²) in [6.45, 7) is 4.35. The summed E-state index contributed by atoms with van der Waals surface area (Å²) in [5, 5.41) is 23.2. The van der Waals surface area contributed by atoms with Crippen molar-refractivity contribution in [3.63, 3.8) is 0 Å². The zero-order valence-electron chi connectivity index (χ0n) is 11.1. The summed E-state index contributed by atoms with van der Waals surface area (Å²) in [6, 6.07) is 4.28. The number of hydrogen-bond acceptors (Lipinski definition) is 5. The number of aromatic carboxylic acids is 1. The molecule has 0 spiro atoms. The lowest BCUT2D eigenvalue weighted by Crippen LogP contribution is -2.47. The van der Waals surface area contributed by atoms with Crippen molar-refractivity contribution in [3.8, 4) is 0 Å². The van der Waals surface area contributed by atoms with Crippen molar-refractivity contribution in [1.82, 2.24) is 5.32 Å². The lowest BCUT2D eigenvalue weighted by Gasteiger charge is -2.38. The number of nitro benzene ring substituents is 1. The number of nitrogens with zero attached hydrogens (tertiary/aromatic N) is 1. The Labute approximate surface area is 115 Å². The molecule has 7 heteroatoms. The van der Waals surface area contributed by atoms with Crippen LogP contribution >= 0.6 is 0 Å². The SMILES string of the molecule is CC1(CNCc2cccc([N+](=O)[O-])c2C(=O)O)COC1. The highest BCUT2D eigenvalue weighted by atomic mass is 16.6. The van der Waals surface area contributed by atoms with E-state index in [0.29, 0.717) is 25.3 Å². The first-order valence-electron chi connectivity index (χ1n) is 6.21. The second kappa shape index (κ2) is 5.56. The van der Waals surface area contributed by atoms with Gasteiger partial charge in [-0.25, -0.2) is 4.79 Å². The Hall–Kier alpha value is -1.99. The molecule has 0 radical (unpaired) electrons. The summed E-state index contributed by atoms with van der Waals surface area (Å²) in [5.74, 6) is -1.28. The lowest BCUT2D eigenvalue weighted by atomic mass is 9.88. The molecule has 1 aliphatic heterocycles. The highest BCUT2D eigenvalue weighted by molar-refractivity contribution is 5.94. The van der Waals surface area contributed by atoms with E-state index in [0.717, 1.165) is 0 Å². The van der Waals surface area contributed by atoms with Gasteiger partial charge in [0.2, 0.25) is 0 Å². The molecule has 0 atom stereocenters. The van der Waals surface area contributed by atoms with Gasteiger partial charge in [0, 0.05) is 24.6 Å². The minimum atomic E-state index is -1.28. The van der Waals surface area contributed by atoms with Crippen molar-refractivity contribution in [2.75, 3.05) is 19.8 Å². The Morgan fingerprint density at radius 3 is 2.75 bits per heavy atom. The number of nitrogens with one attached hydrogen (secondary N) is 1. The Morgan fingerprint density at radius 2 is 2.25 bits per heavy atom. The summed E-state index contributed by atoms with van der Waals surface area (Å²) in [7, 11) is 0. The van der Waals surface area contributed by atoms with Crippen molar-refractivity contribution in [2.45, 2.75) is 13.5 Å². The summed E-state index contributed by atoms with van der Waals surface area (Å²) in [4.78, 5) is 21.4. The van der Waals surface area contributed by atoms with E-state index in [2.05, 4.69) is 12.2 Å². The molecule has 0 unspecified atom stereocenters. The number of rotatable bonds is 6. The van der Waals surface area contributed by atoms with Gasteiger partial charge in [-0.1, -0.05) is 19.1 Å². The monoisotopic (exact) mass is 280 g/mol. The van der Waals surface area contributed by atoms with E-state index in [4.69, 9.17) is 9.84 Å². The first-order chi connectivity index (χ1) is 9.43. The quantitative estimate of drug-likeness (QED) is 0.603. The standard InChI is InChI=1S/C13H16N2O5/c1-13(7-20-8-13)6-14-5-9-3-2-4-10(15(18)19)11(9)12(16)17/h2-4,14H,5-8H2,1H3,(H,16,17). The minimum Gasteiger partial charge on any atom is -0.477 e. The van der Waals surface area contributed by atoms with Crippen LogP contribution in [0.15, 0.2) is 18.2 Å². The lowest BCUT2D eigenvalue weighted by molar-refractivity contribution is -0.385.